The lowest BCUT2D eigenvalue weighted by Crippen LogP contribution is -2.53. The minimum absolute atomic E-state index is 0.0517. The highest BCUT2D eigenvalue weighted by atomic mass is 35.5. The number of rotatable bonds is 12. The third kappa shape index (κ3) is 8.03. The lowest BCUT2D eigenvalue weighted by molar-refractivity contribution is -0.140. The second kappa shape index (κ2) is 14.4. The summed E-state index contributed by atoms with van der Waals surface area (Å²) in [6, 6.07) is 29.0. The first kappa shape index (κ1) is 31.8. The maximum Gasteiger partial charge on any atom is 0.264 e. The van der Waals surface area contributed by atoms with Gasteiger partial charge in [-0.3, -0.25) is 13.9 Å². The van der Waals surface area contributed by atoms with Gasteiger partial charge in [-0.25, -0.2) is 8.42 Å². The van der Waals surface area contributed by atoms with Crippen LogP contribution in [0.25, 0.3) is 0 Å². The number of nitrogens with one attached hydrogen (secondary N) is 1. The Balaban J connectivity index is 1.80. The van der Waals surface area contributed by atoms with Gasteiger partial charge < -0.3 is 10.2 Å². The minimum atomic E-state index is -4.17. The zero-order valence-corrected chi connectivity index (χ0v) is 26.1. The predicted octanol–water partition coefficient (Wildman–Crippen LogP) is 5.93. The molecule has 224 valence electrons. The largest absolute Gasteiger partial charge is 0.355 e. The van der Waals surface area contributed by atoms with E-state index >= 15 is 0 Å². The molecule has 0 aliphatic rings. The van der Waals surface area contributed by atoms with Gasteiger partial charge in [0.15, 0.2) is 0 Å². The van der Waals surface area contributed by atoms with Crippen LogP contribution in [0.1, 0.15) is 29.2 Å². The van der Waals surface area contributed by atoms with Gasteiger partial charge in [0.25, 0.3) is 10.0 Å². The average Bonchev–Trinajstić information content (AvgIpc) is 3.00. The molecule has 0 spiro atoms. The molecule has 0 aromatic heterocycles. The molecule has 2 amide bonds. The molecule has 0 aliphatic heterocycles. The highest BCUT2D eigenvalue weighted by Crippen LogP contribution is 2.27. The lowest BCUT2D eigenvalue weighted by atomic mass is 10.0. The molecule has 0 aliphatic carbocycles. The van der Waals surface area contributed by atoms with Crippen LogP contribution < -0.4 is 9.62 Å². The van der Waals surface area contributed by atoms with E-state index in [4.69, 9.17) is 11.6 Å². The summed E-state index contributed by atoms with van der Waals surface area (Å²) in [5.74, 6) is -0.825. The lowest BCUT2D eigenvalue weighted by Gasteiger charge is -2.34. The van der Waals surface area contributed by atoms with Crippen molar-refractivity contribution < 1.29 is 18.0 Å². The third-order valence-corrected chi connectivity index (χ3v) is 9.27. The fourth-order valence-corrected chi connectivity index (χ4v) is 6.33. The standard InChI is InChI=1S/C34H36ClN3O4S/c1-4-36-34(40)32(22-27-11-6-5-7-12-27)37(23-28-13-9-8-10-26(28)3)33(39)24-38(30-18-16-29(35)17-19-30)43(41,42)31-20-14-25(2)15-21-31/h5-21,32H,4,22-24H2,1-3H3,(H,36,40). The van der Waals surface area contributed by atoms with E-state index in [0.717, 1.165) is 26.6 Å². The van der Waals surface area contributed by atoms with Crippen molar-refractivity contribution in [3.63, 3.8) is 0 Å². The predicted molar refractivity (Wildman–Crippen MR) is 172 cm³/mol. The van der Waals surface area contributed by atoms with E-state index in [1.807, 2.05) is 75.4 Å². The van der Waals surface area contributed by atoms with E-state index in [1.165, 1.54) is 17.0 Å². The Bertz CT molecular complexity index is 1640. The number of anilines is 1. The smallest absolute Gasteiger partial charge is 0.264 e. The summed E-state index contributed by atoms with van der Waals surface area (Å²) in [5.41, 5.74) is 3.88. The normalized spacial score (nSPS) is 11.9. The molecular formula is C34H36ClN3O4S. The Morgan fingerprint density at radius 3 is 2.09 bits per heavy atom. The Labute approximate surface area is 259 Å². The SMILES string of the molecule is CCNC(=O)C(Cc1ccccc1)N(Cc1ccccc1C)C(=O)CN(c1ccc(Cl)cc1)S(=O)(=O)c1ccc(C)cc1. The molecule has 1 atom stereocenters. The molecule has 4 aromatic carbocycles. The van der Waals surface area contributed by atoms with Gasteiger partial charge in [-0.05, 0) is 73.9 Å². The van der Waals surface area contributed by atoms with Crippen molar-refractivity contribution in [2.75, 3.05) is 17.4 Å². The molecule has 7 nitrogen and oxygen atoms in total. The molecule has 43 heavy (non-hydrogen) atoms. The Morgan fingerprint density at radius 1 is 0.837 bits per heavy atom. The maximum absolute atomic E-state index is 14.4. The molecule has 0 saturated heterocycles. The molecule has 0 heterocycles. The van der Waals surface area contributed by atoms with Crippen LogP contribution in [0.5, 0.6) is 0 Å². The van der Waals surface area contributed by atoms with Crippen molar-refractivity contribution in [1.82, 2.24) is 10.2 Å². The van der Waals surface area contributed by atoms with Gasteiger partial charge in [0.1, 0.15) is 12.6 Å². The number of likely N-dealkylation sites (N-methyl/N-ethyl adjacent to an activating group) is 1. The molecule has 0 bridgehead atoms. The zero-order valence-electron chi connectivity index (χ0n) is 24.5. The number of amides is 2. The molecule has 9 heteroatoms. The molecule has 0 radical (unpaired) electrons. The van der Waals surface area contributed by atoms with Crippen molar-refractivity contribution in [2.24, 2.45) is 0 Å². The van der Waals surface area contributed by atoms with Gasteiger partial charge in [0.05, 0.1) is 10.6 Å². The summed E-state index contributed by atoms with van der Waals surface area (Å²) in [6.45, 7) is 5.62. The number of sulfonamides is 1. The van der Waals surface area contributed by atoms with Gasteiger partial charge in [0.2, 0.25) is 11.8 Å². The van der Waals surface area contributed by atoms with E-state index in [1.54, 1.807) is 36.4 Å². The number of carbonyl (C=O) groups excluding carboxylic acids is 2. The van der Waals surface area contributed by atoms with Crippen LogP contribution >= 0.6 is 11.6 Å². The van der Waals surface area contributed by atoms with E-state index in [-0.39, 0.29) is 29.5 Å². The van der Waals surface area contributed by atoms with Crippen LogP contribution in [0.4, 0.5) is 5.69 Å². The fraction of sp³-hybridized carbons (Fsp3) is 0.235. The van der Waals surface area contributed by atoms with Gasteiger partial charge >= 0.3 is 0 Å². The van der Waals surface area contributed by atoms with Crippen LogP contribution in [-0.4, -0.2) is 44.3 Å². The van der Waals surface area contributed by atoms with Gasteiger partial charge in [-0.15, -0.1) is 0 Å². The number of nitrogens with zero attached hydrogens (tertiary/aromatic N) is 2. The first-order chi connectivity index (χ1) is 20.6. The third-order valence-electron chi connectivity index (χ3n) is 7.23. The Kier molecular flexibility index (Phi) is 10.6. The highest BCUT2D eigenvalue weighted by Gasteiger charge is 2.34. The zero-order chi connectivity index (χ0) is 31.0. The fourth-order valence-electron chi connectivity index (χ4n) is 4.79. The Hall–Kier alpha value is -4.14. The van der Waals surface area contributed by atoms with Crippen molar-refractivity contribution in [1.29, 1.82) is 0 Å². The number of halogens is 1. The van der Waals surface area contributed by atoms with Crippen molar-refractivity contribution >= 4 is 39.1 Å². The van der Waals surface area contributed by atoms with Crippen LogP contribution in [0.3, 0.4) is 0 Å². The summed E-state index contributed by atoms with van der Waals surface area (Å²) in [4.78, 5) is 29.5. The number of hydrogen-bond acceptors (Lipinski definition) is 4. The second-order valence-electron chi connectivity index (χ2n) is 10.3. The van der Waals surface area contributed by atoms with Crippen LogP contribution in [0.15, 0.2) is 108 Å². The monoisotopic (exact) mass is 617 g/mol. The summed E-state index contributed by atoms with van der Waals surface area (Å²) in [7, 11) is -4.17. The van der Waals surface area contributed by atoms with Crippen molar-refractivity contribution in [2.45, 2.75) is 44.7 Å². The number of carbonyl (C=O) groups is 2. The summed E-state index contributed by atoms with van der Waals surface area (Å²) < 4.78 is 29.2. The van der Waals surface area contributed by atoms with Crippen LogP contribution in [0, 0.1) is 13.8 Å². The molecule has 4 rings (SSSR count). The molecule has 4 aromatic rings. The Morgan fingerprint density at radius 2 is 1.47 bits per heavy atom. The maximum atomic E-state index is 14.4. The average molecular weight is 618 g/mol. The van der Waals surface area contributed by atoms with Crippen LogP contribution in [-0.2, 0) is 32.6 Å². The van der Waals surface area contributed by atoms with Crippen LogP contribution in [0.2, 0.25) is 5.02 Å². The van der Waals surface area contributed by atoms with Gasteiger partial charge in [-0.1, -0.05) is 83.9 Å². The summed E-state index contributed by atoms with van der Waals surface area (Å²) in [6.07, 6.45) is 0.260. The van der Waals surface area contributed by atoms with E-state index in [0.29, 0.717) is 11.6 Å². The van der Waals surface area contributed by atoms with Gasteiger partial charge in [0, 0.05) is 24.5 Å². The first-order valence-electron chi connectivity index (χ1n) is 14.1. The van der Waals surface area contributed by atoms with Gasteiger partial charge in [-0.2, -0.15) is 0 Å². The molecule has 1 unspecified atom stereocenters. The summed E-state index contributed by atoms with van der Waals surface area (Å²) >= 11 is 6.12. The molecule has 0 saturated carbocycles. The highest BCUT2D eigenvalue weighted by molar-refractivity contribution is 7.92. The van der Waals surface area contributed by atoms with E-state index in [9.17, 15) is 18.0 Å². The topological polar surface area (TPSA) is 86.8 Å². The number of aryl methyl sites for hydroxylation is 2. The van der Waals surface area contributed by atoms with Crippen molar-refractivity contribution in [3.8, 4) is 0 Å². The first-order valence-corrected chi connectivity index (χ1v) is 15.9. The molecule has 1 N–H and O–H groups in total. The van der Waals surface area contributed by atoms with Crippen molar-refractivity contribution in [3.05, 3.63) is 130 Å². The molecule has 0 fully saturated rings. The number of benzene rings is 4. The quantitative estimate of drug-likeness (QED) is 0.214. The van der Waals surface area contributed by atoms with E-state index in [2.05, 4.69) is 5.32 Å². The van der Waals surface area contributed by atoms with E-state index < -0.39 is 28.5 Å². The minimum Gasteiger partial charge on any atom is -0.355 e. The molecular weight excluding hydrogens is 582 g/mol. The second-order valence-corrected chi connectivity index (χ2v) is 12.6. The number of hydrogen-bond donors (Lipinski definition) is 1. The summed E-state index contributed by atoms with van der Waals surface area (Å²) in [5, 5.41) is 3.31.